The van der Waals surface area contributed by atoms with Crippen LogP contribution in [0.25, 0.3) is 0 Å². The second-order valence-corrected chi connectivity index (χ2v) is 4.97. The summed E-state index contributed by atoms with van der Waals surface area (Å²) in [5, 5.41) is 12.5. The lowest BCUT2D eigenvalue weighted by Crippen LogP contribution is -2.25. The Morgan fingerprint density at radius 1 is 1.47 bits per heavy atom. The van der Waals surface area contributed by atoms with Gasteiger partial charge in [-0.2, -0.15) is 0 Å². The van der Waals surface area contributed by atoms with Crippen molar-refractivity contribution in [3.8, 4) is 0 Å². The molecule has 1 fully saturated rings. The normalized spacial score (nSPS) is 25.8. The highest BCUT2D eigenvalue weighted by Gasteiger charge is 2.29. The topological polar surface area (TPSA) is 58.6 Å². The first-order valence-electron chi connectivity index (χ1n) is 6.66. The molecule has 1 aliphatic heterocycles. The minimum absolute atomic E-state index is 0.0198. The Hall–Kier alpha value is -0.610. The lowest BCUT2D eigenvalue weighted by Gasteiger charge is -2.23. The summed E-state index contributed by atoms with van der Waals surface area (Å²) in [6, 6.07) is 0. The van der Waals surface area contributed by atoms with E-state index < -0.39 is 0 Å². The van der Waals surface area contributed by atoms with Crippen LogP contribution >= 0.6 is 0 Å². The van der Waals surface area contributed by atoms with Gasteiger partial charge in [-0.3, -0.25) is 4.79 Å². The molecule has 4 nitrogen and oxygen atoms in total. The number of esters is 1. The van der Waals surface area contributed by atoms with Crippen LogP contribution in [0.4, 0.5) is 0 Å². The van der Waals surface area contributed by atoms with Gasteiger partial charge in [0.2, 0.25) is 0 Å². The quantitative estimate of drug-likeness (QED) is 0.662. The Kier molecular flexibility index (Phi) is 6.52. The Labute approximate surface area is 104 Å². The van der Waals surface area contributed by atoms with E-state index in [1.54, 1.807) is 0 Å². The molecule has 17 heavy (non-hydrogen) atoms. The standard InChI is InChI=1S/C13H25NO3/c1-3-4-5-13(17-10(2)16)6-11-7-14-8-12(11)9-15/h11-15H,3-9H2,1-2H3. The third-order valence-electron chi connectivity index (χ3n) is 3.49. The number of rotatable bonds is 7. The van der Waals surface area contributed by atoms with Crippen molar-refractivity contribution in [1.82, 2.24) is 5.32 Å². The molecule has 1 rings (SSSR count). The minimum atomic E-state index is -0.197. The summed E-state index contributed by atoms with van der Waals surface area (Å²) < 4.78 is 5.36. The van der Waals surface area contributed by atoms with Gasteiger partial charge in [0.25, 0.3) is 0 Å². The summed E-state index contributed by atoms with van der Waals surface area (Å²) in [6.07, 6.45) is 4.03. The van der Waals surface area contributed by atoms with Crippen LogP contribution in [0, 0.1) is 11.8 Å². The summed E-state index contributed by atoms with van der Waals surface area (Å²) in [6.45, 7) is 5.63. The van der Waals surface area contributed by atoms with Crippen LogP contribution in [0.3, 0.4) is 0 Å². The molecule has 1 saturated heterocycles. The van der Waals surface area contributed by atoms with Crippen molar-refractivity contribution < 1.29 is 14.6 Å². The lowest BCUT2D eigenvalue weighted by atomic mass is 9.90. The van der Waals surface area contributed by atoms with Crippen molar-refractivity contribution in [2.24, 2.45) is 11.8 Å². The summed E-state index contributed by atoms with van der Waals surface area (Å²) in [5.74, 6) is 0.550. The largest absolute Gasteiger partial charge is 0.463 e. The van der Waals surface area contributed by atoms with Crippen molar-refractivity contribution in [2.45, 2.75) is 45.6 Å². The molecule has 0 aliphatic carbocycles. The molecule has 0 saturated carbocycles. The molecule has 0 radical (unpaired) electrons. The number of ether oxygens (including phenoxy) is 1. The van der Waals surface area contributed by atoms with E-state index in [1.165, 1.54) is 6.92 Å². The molecule has 4 heteroatoms. The smallest absolute Gasteiger partial charge is 0.302 e. The number of unbranched alkanes of at least 4 members (excludes halogenated alkanes) is 1. The first-order chi connectivity index (χ1) is 8.17. The fourth-order valence-corrected chi connectivity index (χ4v) is 2.51. The van der Waals surface area contributed by atoms with Gasteiger partial charge >= 0.3 is 5.97 Å². The van der Waals surface area contributed by atoms with Crippen LogP contribution in [-0.2, 0) is 9.53 Å². The van der Waals surface area contributed by atoms with Crippen molar-refractivity contribution in [3.63, 3.8) is 0 Å². The summed E-state index contributed by atoms with van der Waals surface area (Å²) in [4.78, 5) is 11.1. The number of nitrogens with one attached hydrogen (secondary N) is 1. The Morgan fingerprint density at radius 3 is 2.76 bits per heavy atom. The van der Waals surface area contributed by atoms with Crippen LogP contribution in [0.2, 0.25) is 0 Å². The predicted molar refractivity (Wildman–Crippen MR) is 66.6 cm³/mol. The van der Waals surface area contributed by atoms with Crippen LogP contribution < -0.4 is 5.32 Å². The fraction of sp³-hybridized carbons (Fsp3) is 0.923. The van der Waals surface area contributed by atoms with E-state index >= 15 is 0 Å². The van der Waals surface area contributed by atoms with Gasteiger partial charge in [0.15, 0.2) is 0 Å². The maximum atomic E-state index is 11.1. The fourth-order valence-electron chi connectivity index (χ4n) is 2.51. The van der Waals surface area contributed by atoms with E-state index in [1.807, 2.05) is 0 Å². The molecule has 0 amide bonds. The molecule has 0 aromatic rings. The van der Waals surface area contributed by atoms with Gasteiger partial charge in [0.1, 0.15) is 6.10 Å². The molecule has 2 N–H and O–H groups in total. The maximum absolute atomic E-state index is 11.1. The highest BCUT2D eigenvalue weighted by atomic mass is 16.5. The zero-order chi connectivity index (χ0) is 12.7. The molecular formula is C13H25NO3. The minimum Gasteiger partial charge on any atom is -0.463 e. The molecule has 0 bridgehead atoms. The van der Waals surface area contributed by atoms with Crippen molar-refractivity contribution >= 4 is 5.97 Å². The number of carbonyl (C=O) groups excluding carboxylic acids is 1. The Balaban J connectivity index is 2.43. The summed E-state index contributed by atoms with van der Waals surface area (Å²) in [5.41, 5.74) is 0. The lowest BCUT2D eigenvalue weighted by molar-refractivity contribution is -0.147. The van der Waals surface area contributed by atoms with E-state index in [0.717, 1.165) is 38.8 Å². The van der Waals surface area contributed by atoms with Crippen LogP contribution in [0.15, 0.2) is 0 Å². The van der Waals surface area contributed by atoms with E-state index in [2.05, 4.69) is 12.2 Å². The first-order valence-corrected chi connectivity index (χ1v) is 6.66. The zero-order valence-corrected chi connectivity index (χ0v) is 10.9. The van der Waals surface area contributed by atoms with Crippen LogP contribution in [0.1, 0.15) is 39.5 Å². The van der Waals surface area contributed by atoms with Gasteiger partial charge in [-0.15, -0.1) is 0 Å². The third-order valence-corrected chi connectivity index (χ3v) is 3.49. The van der Waals surface area contributed by atoms with Crippen molar-refractivity contribution in [1.29, 1.82) is 0 Å². The molecule has 100 valence electrons. The number of hydrogen-bond acceptors (Lipinski definition) is 4. The number of aliphatic hydroxyl groups excluding tert-OH is 1. The molecule has 0 spiro atoms. The van der Waals surface area contributed by atoms with Gasteiger partial charge in [-0.25, -0.2) is 0 Å². The second kappa shape index (κ2) is 7.67. The molecule has 0 aromatic heterocycles. The molecule has 1 heterocycles. The molecule has 1 aliphatic rings. The van der Waals surface area contributed by atoms with Crippen LogP contribution in [0.5, 0.6) is 0 Å². The van der Waals surface area contributed by atoms with Crippen molar-refractivity contribution in [3.05, 3.63) is 0 Å². The summed E-state index contributed by atoms with van der Waals surface area (Å²) >= 11 is 0. The van der Waals surface area contributed by atoms with Gasteiger partial charge in [0, 0.05) is 20.1 Å². The monoisotopic (exact) mass is 243 g/mol. The highest BCUT2D eigenvalue weighted by Crippen LogP contribution is 2.24. The zero-order valence-electron chi connectivity index (χ0n) is 10.9. The Morgan fingerprint density at radius 2 is 2.18 bits per heavy atom. The first kappa shape index (κ1) is 14.5. The average molecular weight is 243 g/mol. The molecule has 3 atom stereocenters. The third kappa shape index (κ3) is 5.04. The van der Waals surface area contributed by atoms with E-state index in [9.17, 15) is 9.90 Å². The molecule has 0 aromatic carbocycles. The van der Waals surface area contributed by atoms with Gasteiger partial charge < -0.3 is 15.2 Å². The van der Waals surface area contributed by atoms with Crippen molar-refractivity contribution in [2.75, 3.05) is 19.7 Å². The Bertz CT molecular complexity index is 233. The second-order valence-electron chi connectivity index (χ2n) is 4.97. The number of aliphatic hydroxyl groups is 1. The van der Waals surface area contributed by atoms with Gasteiger partial charge in [0.05, 0.1) is 0 Å². The van der Waals surface area contributed by atoms with Gasteiger partial charge in [-0.1, -0.05) is 19.8 Å². The molecule has 3 unspecified atom stereocenters. The van der Waals surface area contributed by atoms with E-state index in [4.69, 9.17) is 4.74 Å². The summed E-state index contributed by atoms with van der Waals surface area (Å²) in [7, 11) is 0. The SMILES string of the molecule is CCCCC(CC1CNCC1CO)OC(C)=O. The van der Waals surface area contributed by atoms with E-state index in [-0.39, 0.29) is 18.7 Å². The molecular weight excluding hydrogens is 218 g/mol. The predicted octanol–water partition coefficient (Wildman–Crippen LogP) is 1.33. The van der Waals surface area contributed by atoms with Gasteiger partial charge in [-0.05, 0) is 31.2 Å². The average Bonchev–Trinajstić information content (AvgIpc) is 2.72. The van der Waals surface area contributed by atoms with Crippen LogP contribution in [-0.4, -0.2) is 36.9 Å². The maximum Gasteiger partial charge on any atom is 0.302 e. The highest BCUT2D eigenvalue weighted by molar-refractivity contribution is 5.66. The van der Waals surface area contributed by atoms with E-state index in [0.29, 0.717) is 11.8 Å². The number of carbonyl (C=O) groups is 1. The number of hydrogen-bond donors (Lipinski definition) is 2.